The van der Waals surface area contributed by atoms with Crippen molar-refractivity contribution in [3.63, 3.8) is 0 Å². The Morgan fingerprint density at radius 1 is 1.22 bits per heavy atom. The third-order valence-electron chi connectivity index (χ3n) is 4.94. The first-order valence-electron chi connectivity index (χ1n) is 9.43. The minimum absolute atomic E-state index is 0.0968. The van der Waals surface area contributed by atoms with Crippen molar-refractivity contribution in [1.29, 1.82) is 0 Å². The summed E-state index contributed by atoms with van der Waals surface area (Å²) in [6.07, 6.45) is -0.354. The Hall–Kier alpha value is -1.73. The van der Waals surface area contributed by atoms with Gasteiger partial charge >= 0.3 is 0 Å². The van der Waals surface area contributed by atoms with E-state index in [4.69, 9.17) is 0 Å². The molecule has 1 atom stereocenters. The van der Waals surface area contributed by atoms with Gasteiger partial charge in [0.2, 0.25) is 0 Å². The van der Waals surface area contributed by atoms with E-state index in [1.807, 2.05) is 42.1 Å². The van der Waals surface area contributed by atoms with Gasteiger partial charge in [-0.1, -0.05) is 12.1 Å². The number of rotatable bonds is 6. The maximum absolute atomic E-state index is 12.9. The molecule has 2 heterocycles. The average Bonchev–Trinajstić information content (AvgIpc) is 3.07. The molecule has 0 aliphatic carbocycles. The molecular formula is C21H29N3O2S. The first-order chi connectivity index (χ1) is 12.9. The van der Waals surface area contributed by atoms with E-state index in [9.17, 15) is 9.90 Å². The van der Waals surface area contributed by atoms with E-state index < -0.39 is 0 Å². The molecule has 6 heteroatoms. The second kappa shape index (κ2) is 8.97. The molecular weight excluding hydrogens is 358 g/mol. The van der Waals surface area contributed by atoms with Crippen LogP contribution in [-0.2, 0) is 0 Å². The number of aryl methyl sites for hydroxylation is 1. The number of amides is 1. The van der Waals surface area contributed by atoms with Gasteiger partial charge in [-0.2, -0.15) is 0 Å². The van der Waals surface area contributed by atoms with Gasteiger partial charge in [0, 0.05) is 49.7 Å². The molecule has 1 saturated heterocycles. The number of thiophene rings is 1. The molecule has 3 rings (SSSR count). The van der Waals surface area contributed by atoms with Gasteiger partial charge in [0.05, 0.1) is 6.10 Å². The van der Waals surface area contributed by atoms with Crippen molar-refractivity contribution in [3.05, 3.63) is 46.8 Å². The number of nitrogens with zero attached hydrogens (tertiary/aromatic N) is 3. The predicted molar refractivity (Wildman–Crippen MR) is 111 cm³/mol. The van der Waals surface area contributed by atoms with Gasteiger partial charge in [-0.3, -0.25) is 9.69 Å². The monoisotopic (exact) mass is 387 g/mol. The fourth-order valence-electron chi connectivity index (χ4n) is 3.56. The van der Waals surface area contributed by atoms with E-state index in [-0.39, 0.29) is 12.0 Å². The van der Waals surface area contributed by atoms with Crippen LogP contribution in [0.3, 0.4) is 0 Å². The molecule has 2 aromatic rings. The molecule has 146 valence electrons. The van der Waals surface area contributed by atoms with Gasteiger partial charge in [-0.05, 0) is 55.7 Å². The zero-order chi connectivity index (χ0) is 19.4. The van der Waals surface area contributed by atoms with Crippen LogP contribution in [0.2, 0.25) is 0 Å². The molecule has 1 N–H and O–H groups in total. The molecule has 1 aliphatic heterocycles. The smallest absolute Gasteiger partial charge is 0.253 e. The van der Waals surface area contributed by atoms with Crippen LogP contribution in [0.15, 0.2) is 35.7 Å². The molecule has 0 radical (unpaired) electrons. The Balaban J connectivity index is 1.59. The molecule has 1 amide bonds. The highest BCUT2D eigenvalue weighted by atomic mass is 32.1. The van der Waals surface area contributed by atoms with Crippen molar-refractivity contribution in [2.75, 3.05) is 53.4 Å². The van der Waals surface area contributed by atoms with Gasteiger partial charge < -0.3 is 14.9 Å². The first-order valence-corrected chi connectivity index (χ1v) is 10.3. The second-order valence-corrected chi connectivity index (χ2v) is 8.44. The molecule has 0 saturated carbocycles. The number of β-amino-alcohol motifs (C(OH)–C–C–N with tert-alkyl or cyclic N) is 1. The molecule has 0 unspecified atom stereocenters. The third-order valence-corrected chi connectivity index (χ3v) is 6.00. The maximum atomic E-state index is 12.9. The lowest BCUT2D eigenvalue weighted by molar-refractivity contribution is 0.0479. The number of carbonyl (C=O) groups is 1. The minimum atomic E-state index is -0.354. The van der Waals surface area contributed by atoms with Crippen LogP contribution in [-0.4, -0.2) is 85.2 Å². The van der Waals surface area contributed by atoms with Crippen molar-refractivity contribution in [3.8, 4) is 10.4 Å². The van der Waals surface area contributed by atoms with Crippen LogP contribution in [0, 0.1) is 6.92 Å². The number of likely N-dealkylation sites (N-methyl/N-ethyl adjacent to an activating group) is 1. The molecule has 27 heavy (non-hydrogen) atoms. The molecule has 0 bridgehead atoms. The standard InChI is InChI=1S/C21H29N3O2S/c1-16-7-12-27-20(16)17-5-4-6-18(13-17)21(26)24-10-8-23(9-11-24)15-19(25)14-22(2)3/h4-7,12-13,19,25H,8-11,14-15H2,1-3H3/t19-/m0/s1. The molecule has 1 aromatic carbocycles. The number of hydrogen-bond acceptors (Lipinski definition) is 5. The van der Waals surface area contributed by atoms with Crippen LogP contribution < -0.4 is 0 Å². The Labute approximate surface area is 165 Å². The van der Waals surface area contributed by atoms with Crippen molar-refractivity contribution in [2.45, 2.75) is 13.0 Å². The van der Waals surface area contributed by atoms with E-state index >= 15 is 0 Å². The molecule has 1 aliphatic rings. The van der Waals surface area contributed by atoms with E-state index in [0.717, 1.165) is 24.2 Å². The van der Waals surface area contributed by atoms with Crippen molar-refractivity contribution in [1.82, 2.24) is 14.7 Å². The van der Waals surface area contributed by atoms with Crippen LogP contribution in [0.5, 0.6) is 0 Å². The SMILES string of the molecule is Cc1ccsc1-c1cccc(C(=O)N2CCN(C[C@@H](O)CN(C)C)CC2)c1. The van der Waals surface area contributed by atoms with E-state index in [2.05, 4.69) is 29.3 Å². The minimum Gasteiger partial charge on any atom is -0.390 e. The predicted octanol–water partition coefficient (Wildman–Crippen LogP) is 2.40. The van der Waals surface area contributed by atoms with Gasteiger partial charge in [0.15, 0.2) is 0 Å². The summed E-state index contributed by atoms with van der Waals surface area (Å²) >= 11 is 1.71. The van der Waals surface area contributed by atoms with Crippen LogP contribution in [0.25, 0.3) is 10.4 Å². The Morgan fingerprint density at radius 3 is 2.59 bits per heavy atom. The summed E-state index contributed by atoms with van der Waals surface area (Å²) in [5.74, 6) is 0.0968. The largest absolute Gasteiger partial charge is 0.390 e. The summed E-state index contributed by atoms with van der Waals surface area (Å²) in [5.41, 5.74) is 3.11. The third kappa shape index (κ3) is 5.17. The lowest BCUT2D eigenvalue weighted by Gasteiger charge is -2.36. The van der Waals surface area contributed by atoms with E-state index in [0.29, 0.717) is 26.2 Å². The molecule has 0 spiro atoms. The summed E-state index contributed by atoms with van der Waals surface area (Å²) in [5, 5.41) is 12.2. The zero-order valence-electron chi connectivity index (χ0n) is 16.4. The summed E-state index contributed by atoms with van der Waals surface area (Å²) < 4.78 is 0. The highest BCUT2D eigenvalue weighted by Crippen LogP contribution is 2.29. The zero-order valence-corrected chi connectivity index (χ0v) is 17.2. The average molecular weight is 388 g/mol. The number of piperazine rings is 1. The van der Waals surface area contributed by atoms with Crippen molar-refractivity contribution in [2.24, 2.45) is 0 Å². The highest BCUT2D eigenvalue weighted by Gasteiger charge is 2.23. The molecule has 1 aromatic heterocycles. The van der Waals surface area contributed by atoms with Crippen LogP contribution in [0.1, 0.15) is 15.9 Å². The maximum Gasteiger partial charge on any atom is 0.253 e. The topological polar surface area (TPSA) is 47.0 Å². The first kappa shape index (κ1) is 20.0. The summed E-state index contributed by atoms with van der Waals surface area (Å²) in [6.45, 7) is 6.44. The highest BCUT2D eigenvalue weighted by molar-refractivity contribution is 7.13. The molecule has 1 fully saturated rings. The number of aliphatic hydroxyl groups is 1. The van der Waals surface area contributed by atoms with Gasteiger partial charge in [-0.25, -0.2) is 0 Å². The lowest BCUT2D eigenvalue weighted by Crippen LogP contribution is -2.51. The van der Waals surface area contributed by atoms with E-state index in [1.54, 1.807) is 11.3 Å². The number of hydrogen-bond donors (Lipinski definition) is 1. The van der Waals surface area contributed by atoms with Crippen molar-refractivity contribution >= 4 is 17.2 Å². The van der Waals surface area contributed by atoms with Crippen molar-refractivity contribution < 1.29 is 9.90 Å². The molecule has 5 nitrogen and oxygen atoms in total. The summed E-state index contributed by atoms with van der Waals surface area (Å²) in [7, 11) is 3.93. The fourth-order valence-corrected chi connectivity index (χ4v) is 4.48. The van der Waals surface area contributed by atoms with Crippen LogP contribution >= 0.6 is 11.3 Å². The fraction of sp³-hybridized carbons (Fsp3) is 0.476. The lowest BCUT2D eigenvalue weighted by atomic mass is 10.1. The van der Waals surface area contributed by atoms with Gasteiger partial charge in [-0.15, -0.1) is 11.3 Å². The summed E-state index contributed by atoms with van der Waals surface area (Å²) in [6, 6.07) is 10.1. The summed E-state index contributed by atoms with van der Waals surface area (Å²) in [4.78, 5) is 20.3. The Morgan fingerprint density at radius 2 is 1.96 bits per heavy atom. The number of carbonyl (C=O) groups excluding carboxylic acids is 1. The Bertz CT molecular complexity index is 766. The van der Waals surface area contributed by atoms with Crippen LogP contribution in [0.4, 0.5) is 0 Å². The normalized spacial score (nSPS) is 16.7. The number of aliphatic hydroxyl groups excluding tert-OH is 1. The van der Waals surface area contributed by atoms with Gasteiger partial charge in [0.1, 0.15) is 0 Å². The quantitative estimate of drug-likeness (QED) is 0.827. The Kier molecular flexibility index (Phi) is 6.65. The van der Waals surface area contributed by atoms with E-state index in [1.165, 1.54) is 10.4 Å². The number of benzene rings is 1. The second-order valence-electron chi connectivity index (χ2n) is 7.52. The van der Waals surface area contributed by atoms with Gasteiger partial charge in [0.25, 0.3) is 5.91 Å².